The van der Waals surface area contributed by atoms with Crippen LogP contribution in [0.2, 0.25) is 0 Å². The number of hydrogen-bond donors (Lipinski definition) is 1. The molecule has 0 atom stereocenters. The van der Waals surface area contributed by atoms with Crippen LogP contribution in [0.1, 0.15) is 38.2 Å². The number of anilines is 2. The number of aromatic nitrogens is 5. The van der Waals surface area contributed by atoms with Crippen molar-refractivity contribution in [1.29, 1.82) is 0 Å². The van der Waals surface area contributed by atoms with Crippen molar-refractivity contribution < 1.29 is 14.0 Å². The van der Waals surface area contributed by atoms with Gasteiger partial charge in [-0.05, 0) is 51.1 Å². The topological polar surface area (TPSA) is 86.4 Å². The van der Waals surface area contributed by atoms with E-state index in [1.807, 2.05) is 24.5 Å². The molecule has 0 bridgehead atoms. The van der Waals surface area contributed by atoms with Gasteiger partial charge in [0, 0.05) is 50.5 Å². The Bertz CT molecular complexity index is 1430. The minimum Gasteiger partial charge on any atom is -0.326 e. The lowest BCUT2D eigenvalue weighted by molar-refractivity contribution is 0.132. The molecule has 0 radical (unpaired) electrons. The van der Waals surface area contributed by atoms with E-state index < -0.39 is 11.6 Å². The van der Waals surface area contributed by atoms with Gasteiger partial charge in [-0.1, -0.05) is 13.0 Å². The lowest BCUT2D eigenvalue weighted by atomic mass is 10.1. The maximum atomic E-state index is 15.0. The normalized spacial score (nSPS) is 15.1. The van der Waals surface area contributed by atoms with Crippen LogP contribution in [-0.4, -0.2) is 72.2 Å². The molecule has 4 aromatic rings. The molecular formula is C27H32F2N8O. The number of aryl methyl sites for hydroxylation is 1. The maximum absolute atomic E-state index is 15.0. The first-order chi connectivity index (χ1) is 18.2. The Morgan fingerprint density at radius 1 is 0.974 bits per heavy atom. The van der Waals surface area contributed by atoms with Crippen LogP contribution in [0, 0.1) is 18.6 Å². The molecule has 3 aromatic heterocycles. The molecule has 1 aliphatic heterocycles. The van der Waals surface area contributed by atoms with E-state index in [9.17, 15) is 14.0 Å². The van der Waals surface area contributed by atoms with Crippen LogP contribution in [0.25, 0.3) is 22.3 Å². The SMILES string of the molecule is CCN1CCN(Cc2ccc(N(O)c3ncc(F)c(-c4cc(F)c5nc(C)n(C(C)C)c5c4)n3)nc2)CC1. The van der Waals surface area contributed by atoms with E-state index in [1.54, 1.807) is 25.3 Å². The molecule has 1 saturated heterocycles. The van der Waals surface area contributed by atoms with Gasteiger partial charge in [0.1, 0.15) is 17.0 Å². The molecular weight excluding hydrogens is 490 g/mol. The highest BCUT2D eigenvalue weighted by molar-refractivity contribution is 5.83. The third-order valence-electron chi connectivity index (χ3n) is 6.98. The second-order valence-electron chi connectivity index (χ2n) is 9.86. The molecule has 200 valence electrons. The first kappa shape index (κ1) is 26.1. The lowest BCUT2D eigenvalue weighted by Crippen LogP contribution is -2.45. The molecule has 0 aliphatic carbocycles. The molecule has 11 heteroatoms. The zero-order valence-electron chi connectivity index (χ0n) is 22.1. The number of rotatable bonds is 7. The second kappa shape index (κ2) is 10.7. The quantitative estimate of drug-likeness (QED) is 0.349. The van der Waals surface area contributed by atoms with Gasteiger partial charge in [0.15, 0.2) is 17.5 Å². The van der Waals surface area contributed by atoms with E-state index in [-0.39, 0.29) is 34.6 Å². The number of halogens is 2. The van der Waals surface area contributed by atoms with E-state index >= 15 is 0 Å². The van der Waals surface area contributed by atoms with E-state index in [1.165, 1.54) is 6.07 Å². The highest BCUT2D eigenvalue weighted by atomic mass is 19.1. The van der Waals surface area contributed by atoms with Crippen LogP contribution in [-0.2, 0) is 6.54 Å². The minimum absolute atomic E-state index is 0.0309. The van der Waals surface area contributed by atoms with Crippen molar-refractivity contribution >= 4 is 22.8 Å². The van der Waals surface area contributed by atoms with Crippen molar-refractivity contribution in [2.24, 2.45) is 0 Å². The second-order valence-corrected chi connectivity index (χ2v) is 9.86. The average molecular weight is 523 g/mol. The summed E-state index contributed by atoms with van der Waals surface area (Å²) in [5.41, 5.74) is 1.87. The summed E-state index contributed by atoms with van der Waals surface area (Å²) in [4.78, 5) is 21.6. The number of likely N-dealkylation sites (N-methyl/N-ethyl adjacent to an activating group) is 1. The van der Waals surface area contributed by atoms with Gasteiger partial charge in [0.25, 0.3) is 5.95 Å². The molecule has 0 unspecified atom stereocenters. The summed E-state index contributed by atoms with van der Waals surface area (Å²) in [6.45, 7) is 13.8. The first-order valence-electron chi connectivity index (χ1n) is 12.8. The van der Waals surface area contributed by atoms with E-state index in [4.69, 9.17) is 0 Å². The summed E-state index contributed by atoms with van der Waals surface area (Å²) in [7, 11) is 0. The van der Waals surface area contributed by atoms with Crippen LogP contribution < -0.4 is 5.06 Å². The standard InChI is InChI=1S/C27H32F2N8O/c1-5-34-8-10-35(11-9-34)16-19-6-7-24(30-14-19)37(38)27-31-15-22(29)25(33-27)20-12-21(28)26-23(13-20)36(17(2)3)18(4)32-26/h6-7,12-15,17,38H,5,8-11,16H2,1-4H3. The fourth-order valence-electron chi connectivity index (χ4n) is 4.98. The molecule has 9 nitrogen and oxygen atoms in total. The minimum atomic E-state index is -0.736. The molecule has 4 heterocycles. The van der Waals surface area contributed by atoms with Crippen LogP contribution in [0.4, 0.5) is 20.5 Å². The van der Waals surface area contributed by atoms with Crippen molar-refractivity contribution in [3.8, 4) is 11.3 Å². The number of imidazole rings is 1. The first-order valence-corrected chi connectivity index (χ1v) is 12.8. The molecule has 0 amide bonds. The lowest BCUT2D eigenvalue weighted by Gasteiger charge is -2.33. The van der Waals surface area contributed by atoms with Gasteiger partial charge >= 0.3 is 0 Å². The smallest absolute Gasteiger partial charge is 0.256 e. The van der Waals surface area contributed by atoms with Gasteiger partial charge in [-0.15, -0.1) is 0 Å². The molecule has 1 aliphatic rings. The van der Waals surface area contributed by atoms with Crippen molar-refractivity contribution in [1.82, 2.24) is 34.3 Å². The highest BCUT2D eigenvalue weighted by Crippen LogP contribution is 2.31. The van der Waals surface area contributed by atoms with Gasteiger partial charge in [-0.25, -0.2) is 28.7 Å². The molecule has 0 saturated carbocycles. The monoisotopic (exact) mass is 522 g/mol. The zero-order valence-corrected chi connectivity index (χ0v) is 22.1. The van der Waals surface area contributed by atoms with Crippen molar-refractivity contribution in [2.75, 3.05) is 37.8 Å². The average Bonchev–Trinajstić information content (AvgIpc) is 3.26. The Hall–Kier alpha value is -3.54. The predicted molar refractivity (Wildman–Crippen MR) is 141 cm³/mol. The highest BCUT2D eigenvalue weighted by Gasteiger charge is 2.21. The Balaban J connectivity index is 1.39. The Labute approximate surface area is 220 Å². The summed E-state index contributed by atoms with van der Waals surface area (Å²) in [6, 6.07) is 6.44. The Morgan fingerprint density at radius 3 is 2.37 bits per heavy atom. The summed E-state index contributed by atoms with van der Waals surface area (Å²) >= 11 is 0. The van der Waals surface area contributed by atoms with E-state index in [0.29, 0.717) is 16.4 Å². The number of nitrogens with zero attached hydrogens (tertiary/aromatic N) is 8. The molecule has 1 N–H and O–H groups in total. The third kappa shape index (κ3) is 5.09. The van der Waals surface area contributed by atoms with Gasteiger partial charge in [-0.2, -0.15) is 5.06 Å². The predicted octanol–water partition coefficient (Wildman–Crippen LogP) is 4.72. The van der Waals surface area contributed by atoms with Gasteiger partial charge < -0.3 is 9.47 Å². The van der Waals surface area contributed by atoms with Gasteiger partial charge in [0.2, 0.25) is 0 Å². The van der Waals surface area contributed by atoms with Crippen LogP contribution in [0.15, 0.2) is 36.7 Å². The van der Waals surface area contributed by atoms with Crippen molar-refractivity contribution in [3.63, 3.8) is 0 Å². The fourth-order valence-corrected chi connectivity index (χ4v) is 4.98. The number of benzene rings is 1. The summed E-state index contributed by atoms with van der Waals surface area (Å²) in [5.74, 6) is -0.633. The number of pyridine rings is 1. The summed E-state index contributed by atoms with van der Waals surface area (Å²) in [6.07, 6.45) is 2.66. The van der Waals surface area contributed by atoms with Crippen molar-refractivity contribution in [2.45, 2.75) is 40.3 Å². The van der Waals surface area contributed by atoms with Gasteiger partial charge in [0.05, 0.1) is 11.7 Å². The molecule has 1 fully saturated rings. The number of piperazine rings is 1. The molecule has 5 rings (SSSR count). The Morgan fingerprint density at radius 2 is 1.71 bits per heavy atom. The number of hydrogen-bond acceptors (Lipinski definition) is 8. The third-order valence-corrected chi connectivity index (χ3v) is 6.98. The largest absolute Gasteiger partial charge is 0.326 e. The molecule has 38 heavy (non-hydrogen) atoms. The Kier molecular flexibility index (Phi) is 7.33. The van der Waals surface area contributed by atoms with Crippen LogP contribution in [0.3, 0.4) is 0 Å². The van der Waals surface area contributed by atoms with Crippen LogP contribution in [0.5, 0.6) is 0 Å². The van der Waals surface area contributed by atoms with Gasteiger partial charge in [-0.3, -0.25) is 10.1 Å². The zero-order chi connectivity index (χ0) is 27.0. The summed E-state index contributed by atoms with van der Waals surface area (Å²) in [5, 5.41) is 11.5. The summed E-state index contributed by atoms with van der Waals surface area (Å²) < 4.78 is 31.7. The van der Waals surface area contributed by atoms with E-state index in [0.717, 1.165) is 51.0 Å². The fraction of sp³-hybridized carbons (Fsp3) is 0.407. The molecule has 0 spiro atoms. The maximum Gasteiger partial charge on any atom is 0.256 e. The van der Waals surface area contributed by atoms with Crippen molar-refractivity contribution in [3.05, 3.63) is 59.7 Å². The number of fused-ring (bicyclic) bond motifs is 1. The van der Waals surface area contributed by atoms with Crippen LogP contribution >= 0.6 is 0 Å². The molecule has 1 aromatic carbocycles. The van der Waals surface area contributed by atoms with E-state index in [2.05, 4.69) is 36.7 Å².